The standard InChI is InChI=1S/C24H22N4/c1-16-11-21(8-6-17-5-7-19-14-25-15-20(19)12-17)28-24(27-16)13-18-3-2-4-23-22(18)9-10-26-23/h2-5,7,9-12,15,26H,6,8,13-14H2,1H3. The lowest BCUT2D eigenvalue weighted by Crippen LogP contribution is -2.04. The topological polar surface area (TPSA) is 53.9 Å². The predicted molar refractivity (Wildman–Crippen MR) is 113 cm³/mol. The van der Waals surface area contributed by atoms with Gasteiger partial charge in [0.1, 0.15) is 5.82 Å². The van der Waals surface area contributed by atoms with E-state index in [1.165, 1.54) is 27.6 Å². The molecule has 138 valence electrons. The molecule has 0 bridgehead atoms. The van der Waals surface area contributed by atoms with Crippen LogP contribution in [0.2, 0.25) is 0 Å². The molecule has 4 heteroatoms. The van der Waals surface area contributed by atoms with Crippen molar-refractivity contribution >= 4 is 17.1 Å². The molecule has 1 aliphatic rings. The van der Waals surface area contributed by atoms with Gasteiger partial charge in [-0.05, 0) is 66.3 Å². The third-order valence-corrected chi connectivity index (χ3v) is 5.36. The van der Waals surface area contributed by atoms with Gasteiger partial charge in [0.15, 0.2) is 0 Å². The van der Waals surface area contributed by atoms with Gasteiger partial charge in [-0.25, -0.2) is 9.97 Å². The van der Waals surface area contributed by atoms with Gasteiger partial charge in [-0.2, -0.15) is 0 Å². The van der Waals surface area contributed by atoms with Crippen LogP contribution >= 0.6 is 0 Å². The average Bonchev–Trinajstić information content (AvgIpc) is 3.35. The van der Waals surface area contributed by atoms with Gasteiger partial charge in [0.2, 0.25) is 0 Å². The van der Waals surface area contributed by atoms with Crippen LogP contribution < -0.4 is 0 Å². The van der Waals surface area contributed by atoms with E-state index in [-0.39, 0.29) is 0 Å². The summed E-state index contributed by atoms with van der Waals surface area (Å²) in [6, 6.07) is 17.3. The highest BCUT2D eigenvalue weighted by Gasteiger charge is 2.09. The summed E-state index contributed by atoms with van der Waals surface area (Å²) in [6.07, 6.45) is 6.61. The number of nitrogens with one attached hydrogen (secondary N) is 1. The highest BCUT2D eigenvalue weighted by atomic mass is 14.9. The molecular formula is C24H22N4. The Balaban J connectivity index is 1.35. The highest BCUT2D eigenvalue weighted by molar-refractivity contribution is 5.84. The van der Waals surface area contributed by atoms with Crippen LogP contribution in [-0.2, 0) is 25.8 Å². The third kappa shape index (κ3) is 3.33. The Kier molecular flexibility index (Phi) is 4.24. The van der Waals surface area contributed by atoms with Crippen molar-refractivity contribution in [1.82, 2.24) is 15.0 Å². The van der Waals surface area contributed by atoms with E-state index < -0.39 is 0 Å². The van der Waals surface area contributed by atoms with Gasteiger partial charge >= 0.3 is 0 Å². The van der Waals surface area contributed by atoms with Crippen molar-refractivity contribution in [3.05, 3.63) is 94.2 Å². The average molecular weight is 366 g/mol. The fourth-order valence-electron chi connectivity index (χ4n) is 3.96. The van der Waals surface area contributed by atoms with Crippen molar-refractivity contribution in [1.29, 1.82) is 0 Å². The molecule has 3 heterocycles. The van der Waals surface area contributed by atoms with E-state index in [0.717, 1.165) is 48.5 Å². The number of aromatic amines is 1. The number of nitrogens with zero attached hydrogens (tertiary/aromatic N) is 3. The number of benzene rings is 2. The summed E-state index contributed by atoms with van der Waals surface area (Å²) < 4.78 is 0. The smallest absolute Gasteiger partial charge is 0.133 e. The maximum Gasteiger partial charge on any atom is 0.133 e. The minimum absolute atomic E-state index is 0.749. The van der Waals surface area contributed by atoms with Crippen LogP contribution in [-0.4, -0.2) is 21.2 Å². The van der Waals surface area contributed by atoms with E-state index in [0.29, 0.717) is 0 Å². The molecule has 0 atom stereocenters. The van der Waals surface area contributed by atoms with Crippen molar-refractivity contribution in [3.8, 4) is 0 Å². The zero-order chi connectivity index (χ0) is 18.9. The van der Waals surface area contributed by atoms with Crippen LogP contribution in [0.15, 0.2) is 59.7 Å². The Hall–Kier alpha value is -3.27. The van der Waals surface area contributed by atoms with Crippen molar-refractivity contribution in [2.45, 2.75) is 32.7 Å². The van der Waals surface area contributed by atoms with Crippen LogP contribution in [0.4, 0.5) is 0 Å². The minimum Gasteiger partial charge on any atom is -0.361 e. The van der Waals surface area contributed by atoms with Crippen molar-refractivity contribution in [3.63, 3.8) is 0 Å². The molecule has 2 aromatic carbocycles. The molecule has 4 aromatic rings. The van der Waals surface area contributed by atoms with E-state index in [1.807, 2.05) is 12.4 Å². The summed E-state index contributed by atoms with van der Waals surface area (Å²) in [4.78, 5) is 17.2. The number of fused-ring (bicyclic) bond motifs is 2. The van der Waals surface area contributed by atoms with Gasteiger partial charge in [0.25, 0.3) is 0 Å². The highest BCUT2D eigenvalue weighted by Crippen LogP contribution is 2.20. The van der Waals surface area contributed by atoms with Crippen LogP contribution in [0, 0.1) is 6.92 Å². The van der Waals surface area contributed by atoms with E-state index in [1.54, 1.807) is 0 Å². The predicted octanol–water partition coefficient (Wildman–Crippen LogP) is 4.57. The first-order valence-corrected chi connectivity index (χ1v) is 9.75. The van der Waals surface area contributed by atoms with Gasteiger partial charge in [0.05, 0.1) is 6.54 Å². The van der Waals surface area contributed by atoms with E-state index >= 15 is 0 Å². The molecule has 0 saturated heterocycles. The molecule has 0 fully saturated rings. The summed E-state index contributed by atoms with van der Waals surface area (Å²) >= 11 is 0. The molecule has 0 amide bonds. The van der Waals surface area contributed by atoms with Gasteiger partial charge in [-0.15, -0.1) is 0 Å². The van der Waals surface area contributed by atoms with Crippen molar-refractivity contribution in [2.24, 2.45) is 4.99 Å². The van der Waals surface area contributed by atoms with Crippen LogP contribution in [0.3, 0.4) is 0 Å². The van der Waals surface area contributed by atoms with E-state index in [2.05, 4.69) is 70.4 Å². The number of aromatic nitrogens is 3. The van der Waals surface area contributed by atoms with Gasteiger partial charge in [-0.1, -0.05) is 24.3 Å². The van der Waals surface area contributed by atoms with Crippen LogP contribution in [0.1, 0.15) is 39.5 Å². The lowest BCUT2D eigenvalue weighted by Gasteiger charge is -2.08. The number of aryl methyl sites for hydroxylation is 3. The van der Waals surface area contributed by atoms with Crippen LogP contribution in [0.5, 0.6) is 0 Å². The molecule has 0 unspecified atom stereocenters. The normalized spacial score (nSPS) is 12.6. The molecule has 0 spiro atoms. The van der Waals surface area contributed by atoms with Crippen molar-refractivity contribution < 1.29 is 0 Å². The molecule has 0 radical (unpaired) electrons. The Morgan fingerprint density at radius 1 is 1.00 bits per heavy atom. The quantitative estimate of drug-likeness (QED) is 0.562. The van der Waals surface area contributed by atoms with Crippen molar-refractivity contribution in [2.75, 3.05) is 0 Å². The molecule has 0 aliphatic carbocycles. The Morgan fingerprint density at radius 3 is 2.93 bits per heavy atom. The second-order valence-electron chi connectivity index (χ2n) is 7.45. The second kappa shape index (κ2) is 7.04. The lowest BCUT2D eigenvalue weighted by molar-refractivity contribution is 0.848. The van der Waals surface area contributed by atoms with Crippen LogP contribution in [0.25, 0.3) is 10.9 Å². The minimum atomic E-state index is 0.749. The van der Waals surface area contributed by atoms with Gasteiger partial charge < -0.3 is 4.98 Å². The SMILES string of the molecule is Cc1cc(CCc2ccc3c(c2)C=NC3)nc(Cc2cccc3[nH]ccc23)n1. The first kappa shape index (κ1) is 16.9. The number of hydrogen-bond donors (Lipinski definition) is 1. The summed E-state index contributed by atoms with van der Waals surface area (Å²) in [5, 5.41) is 1.24. The molecule has 0 saturated carbocycles. The largest absolute Gasteiger partial charge is 0.361 e. The summed E-state index contributed by atoms with van der Waals surface area (Å²) in [6.45, 7) is 2.87. The maximum atomic E-state index is 4.86. The monoisotopic (exact) mass is 366 g/mol. The Bertz CT molecular complexity index is 1190. The molecule has 1 N–H and O–H groups in total. The molecule has 2 aromatic heterocycles. The van der Waals surface area contributed by atoms with Gasteiger partial charge in [-0.3, -0.25) is 4.99 Å². The number of hydrogen-bond acceptors (Lipinski definition) is 3. The molecular weight excluding hydrogens is 344 g/mol. The number of H-pyrrole nitrogens is 1. The fraction of sp³-hybridized carbons (Fsp3) is 0.208. The zero-order valence-electron chi connectivity index (χ0n) is 15.9. The number of rotatable bonds is 5. The lowest BCUT2D eigenvalue weighted by atomic mass is 10.0. The summed E-state index contributed by atoms with van der Waals surface area (Å²) in [5.74, 6) is 0.893. The van der Waals surface area contributed by atoms with E-state index in [9.17, 15) is 0 Å². The first-order chi connectivity index (χ1) is 13.7. The summed E-state index contributed by atoms with van der Waals surface area (Å²) in [7, 11) is 0. The molecule has 1 aliphatic heterocycles. The zero-order valence-corrected chi connectivity index (χ0v) is 15.9. The second-order valence-corrected chi connectivity index (χ2v) is 7.45. The maximum absolute atomic E-state index is 4.86. The summed E-state index contributed by atoms with van der Waals surface area (Å²) in [5.41, 5.74) is 8.47. The number of aliphatic imine (C=N–C) groups is 1. The fourth-order valence-corrected chi connectivity index (χ4v) is 3.96. The Morgan fingerprint density at radius 2 is 1.96 bits per heavy atom. The third-order valence-electron chi connectivity index (χ3n) is 5.36. The first-order valence-electron chi connectivity index (χ1n) is 9.75. The molecule has 4 nitrogen and oxygen atoms in total. The van der Waals surface area contributed by atoms with E-state index in [4.69, 9.17) is 4.98 Å². The molecule has 5 rings (SSSR count). The Labute approximate surface area is 164 Å². The molecule has 28 heavy (non-hydrogen) atoms. The van der Waals surface area contributed by atoms with Gasteiger partial charge in [0, 0.05) is 41.1 Å².